The number of nitrogens with one attached hydrogen (secondary N) is 1. The van der Waals surface area contributed by atoms with Gasteiger partial charge in [0.25, 0.3) is 0 Å². The third-order valence-electron chi connectivity index (χ3n) is 3.80. The summed E-state index contributed by atoms with van der Waals surface area (Å²) in [7, 11) is 0. The molecule has 110 valence electrons. The van der Waals surface area contributed by atoms with Crippen molar-refractivity contribution in [1.82, 2.24) is 5.32 Å². The molecule has 0 aliphatic heterocycles. The van der Waals surface area contributed by atoms with Crippen LogP contribution < -0.4 is 10.1 Å². The molecule has 0 unspecified atom stereocenters. The second kappa shape index (κ2) is 7.28. The molecule has 0 aromatic heterocycles. The number of ether oxygens (including phenoxy) is 1. The third-order valence-corrected chi connectivity index (χ3v) is 3.80. The van der Waals surface area contributed by atoms with E-state index in [-0.39, 0.29) is 0 Å². The van der Waals surface area contributed by atoms with E-state index in [4.69, 9.17) is 4.74 Å². The summed E-state index contributed by atoms with van der Waals surface area (Å²) in [5.74, 6) is 1.79. The molecule has 2 aromatic carbocycles. The summed E-state index contributed by atoms with van der Waals surface area (Å²) in [6.45, 7) is 1.17. The van der Waals surface area contributed by atoms with Crippen LogP contribution >= 0.6 is 0 Å². The Morgan fingerprint density at radius 3 is 2.29 bits per heavy atom. The second-order valence-corrected chi connectivity index (χ2v) is 5.74. The van der Waals surface area contributed by atoms with E-state index in [9.17, 15) is 0 Å². The lowest BCUT2D eigenvalue weighted by Crippen LogP contribution is -2.17. The molecule has 1 aliphatic carbocycles. The molecule has 0 saturated heterocycles. The number of benzene rings is 2. The van der Waals surface area contributed by atoms with Gasteiger partial charge in [0.1, 0.15) is 11.5 Å². The Bertz CT molecular complexity index is 531. The highest BCUT2D eigenvalue weighted by Crippen LogP contribution is 2.22. The molecule has 3 rings (SSSR count). The molecule has 0 atom stereocenters. The maximum absolute atomic E-state index is 5.80. The van der Waals surface area contributed by atoms with E-state index in [1.807, 2.05) is 30.3 Å². The molecular weight excluding hydrogens is 258 g/mol. The zero-order valence-electron chi connectivity index (χ0n) is 12.4. The largest absolute Gasteiger partial charge is 0.457 e. The van der Waals surface area contributed by atoms with Gasteiger partial charge in [-0.05, 0) is 68.5 Å². The van der Waals surface area contributed by atoms with Crippen molar-refractivity contribution in [3.05, 3.63) is 60.2 Å². The minimum atomic E-state index is 0.833. The number of hydrogen-bond donors (Lipinski definition) is 1. The van der Waals surface area contributed by atoms with E-state index in [1.54, 1.807) is 0 Å². The Hall–Kier alpha value is -1.80. The molecule has 21 heavy (non-hydrogen) atoms. The maximum atomic E-state index is 5.80. The van der Waals surface area contributed by atoms with Crippen LogP contribution in [-0.2, 0) is 6.42 Å². The summed E-state index contributed by atoms with van der Waals surface area (Å²) < 4.78 is 5.80. The van der Waals surface area contributed by atoms with E-state index >= 15 is 0 Å². The van der Waals surface area contributed by atoms with Crippen LogP contribution in [0.4, 0.5) is 0 Å². The summed E-state index contributed by atoms with van der Waals surface area (Å²) >= 11 is 0. The highest BCUT2D eigenvalue weighted by molar-refractivity contribution is 5.32. The van der Waals surface area contributed by atoms with Gasteiger partial charge >= 0.3 is 0 Å². The molecule has 0 bridgehead atoms. The van der Waals surface area contributed by atoms with Crippen LogP contribution in [0.1, 0.15) is 31.2 Å². The van der Waals surface area contributed by atoms with Crippen LogP contribution in [0.25, 0.3) is 0 Å². The van der Waals surface area contributed by atoms with Gasteiger partial charge in [0.15, 0.2) is 0 Å². The van der Waals surface area contributed by atoms with Crippen molar-refractivity contribution >= 4 is 0 Å². The summed E-state index contributed by atoms with van der Waals surface area (Å²) in [6.07, 6.45) is 6.42. The predicted molar refractivity (Wildman–Crippen MR) is 86.9 cm³/mol. The zero-order chi connectivity index (χ0) is 14.3. The SMILES string of the molecule is c1ccc(Oc2ccc(CCCCNC3CC3)cc2)cc1. The molecule has 0 spiro atoms. The van der Waals surface area contributed by atoms with E-state index in [0.29, 0.717) is 0 Å². The van der Waals surface area contributed by atoms with Gasteiger partial charge in [-0.15, -0.1) is 0 Å². The fourth-order valence-electron chi connectivity index (χ4n) is 2.40. The number of rotatable bonds is 8. The average molecular weight is 281 g/mol. The Labute approximate surface area is 127 Å². The van der Waals surface area contributed by atoms with Crippen molar-refractivity contribution in [2.24, 2.45) is 0 Å². The van der Waals surface area contributed by atoms with Crippen molar-refractivity contribution in [3.63, 3.8) is 0 Å². The molecule has 0 heterocycles. The summed E-state index contributed by atoms with van der Waals surface area (Å²) in [5, 5.41) is 3.56. The Balaban J connectivity index is 1.40. The molecule has 2 heteroatoms. The average Bonchev–Trinajstić information content (AvgIpc) is 3.34. The molecule has 2 aromatic rings. The first-order chi connectivity index (χ1) is 10.4. The van der Waals surface area contributed by atoms with E-state index in [0.717, 1.165) is 24.0 Å². The summed E-state index contributed by atoms with van der Waals surface area (Å²) in [5.41, 5.74) is 1.39. The van der Waals surface area contributed by atoms with Crippen LogP contribution in [0, 0.1) is 0 Å². The van der Waals surface area contributed by atoms with Gasteiger partial charge in [-0.3, -0.25) is 0 Å². The van der Waals surface area contributed by atoms with Crippen LogP contribution in [0.5, 0.6) is 11.5 Å². The third kappa shape index (κ3) is 4.91. The van der Waals surface area contributed by atoms with Crippen LogP contribution in [0.2, 0.25) is 0 Å². The van der Waals surface area contributed by atoms with Gasteiger partial charge in [0, 0.05) is 6.04 Å². The zero-order valence-corrected chi connectivity index (χ0v) is 12.4. The monoisotopic (exact) mass is 281 g/mol. The quantitative estimate of drug-likeness (QED) is 0.716. The first-order valence-electron chi connectivity index (χ1n) is 7.95. The van der Waals surface area contributed by atoms with Gasteiger partial charge < -0.3 is 10.1 Å². The molecule has 1 saturated carbocycles. The molecule has 1 aliphatic rings. The summed E-state index contributed by atoms with van der Waals surface area (Å²) in [6, 6.07) is 19.2. The van der Waals surface area contributed by atoms with E-state index in [2.05, 4.69) is 29.6 Å². The highest BCUT2D eigenvalue weighted by Gasteiger charge is 2.19. The first-order valence-corrected chi connectivity index (χ1v) is 7.95. The lowest BCUT2D eigenvalue weighted by Gasteiger charge is -2.07. The Kier molecular flexibility index (Phi) is 4.90. The normalized spacial score (nSPS) is 14.1. The standard InChI is InChI=1S/C19H23NO/c1-2-7-18(8-3-1)21-19-13-9-16(10-14-19)6-4-5-15-20-17-11-12-17/h1-3,7-10,13-14,17,20H,4-6,11-12,15H2. The molecule has 0 amide bonds. The topological polar surface area (TPSA) is 21.3 Å². The van der Waals surface area contributed by atoms with Crippen molar-refractivity contribution in [3.8, 4) is 11.5 Å². The van der Waals surface area contributed by atoms with Gasteiger partial charge in [-0.1, -0.05) is 30.3 Å². The Morgan fingerprint density at radius 2 is 1.57 bits per heavy atom. The molecule has 0 radical (unpaired) electrons. The smallest absolute Gasteiger partial charge is 0.127 e. The second-order valence-electron chi connectivity index (χ2n) is 5.74. The number of para-hydroxylation sites is 1. The van der Waals surface area contributed by atoms with Crippen LogP contribution in [-0.4, -0.2) is 12.6 Å². The van der Waals surface area contributed by atoms with Gasteiger partial charge in [-0.25, -0.2) is 0 Å². The first kappa shape index (κ1) is 14.2. The molecule has 2 nitrogen and oxygen atoms in total. The van der Waals surface area contributed by atoms with Gasteiger partial charge in [-0.2, -0.15) is 0 Å². The molecule has 1 N–H and O–H groups in total. The van der Waals surface area contributed by atoms with E-state index < -0.39 is 0 Å². The van der Waals surface area contributed by atoms with Gasteiger partial charge in [0.2, 0.25) is 0 Å². The van der Waals surface area contributed by atoms with Crippen LogP contribution in [0.3, 0.4) is 0 Å². The minimum absolute atomic E-state index is 0.833. The Morgan fingerprint density at radius 1 is 0.857 bits per heavy atom. The predicted octanol–water partition coefficient (Wildman–Crippen LogP) is 4.55. The fraction of sp³-hybridized carbons (Fsp3) is 0.368. The fourth-order valence-corrected chi connectivity index (χ4v) is 2.40. The van der Waals surface area contributed by atoms with E-state index in [1.165, 1.54) is 37.8 Å². The van der Waals surface area contributed by atoms with Crippen molar-refractivity contribution in [2.75, 3.05) is 6.54 Å². The molecule has 1 fully saturated rings. The summed E-state index contributed by atoms with van der Waals surface area (Å²) in [4.78, 5) is 0. The van der Waals surface area contributed by atoms with Gasteiger partial charge in [0.05, 0.1) is 0 Å². The van der Waals surface area contributed by atoms with Crippen LogP contribution in [0.15, 0.2) is 54.6 Å². The highest BCUT2D eigenvalue weighted by atomic mass is 16.5. The lowest BCUT2D eigenvalue weighted by atomic mass is 10.1. The van der Waals surface area contributed by atoms with Crippen molar-refractivity contribution < 1.29 is 4.74 Å². The number of aryl methyl sites for hydroxylation is 1. The maximum Gasteiger partial charge on any atom is 0.127 e. The lowest BCUT2D eigenvalue weighted by molar-refractivity contribution is 0.482. The van der Waals surface area contributed by atoms with Crippen molar-refractivity contribution in [1.29, 1.82) is 0 Å². The number of hydrogen-bond acceptors (Lipinski definition) is 2. The minimum Gasteiger partial charge on any atom is -0.457 e. The number of unbranched alkanes of at least 4 members (excludes halogenated alkanes) is 1. The molecular formula is C19H23NO. The van der Waals surface area contributed by atoms with Crippen molar-refractivity contribution in [2.45, 2.75) is 38.1 Å².